The molecule has 1 rings (SSSR count). The minimum atomic E-state index is 0.358. The van der Waals surface area contributed by atoms with E-state index in [2.05, 4.69) is 11.8 Å². The summed E-state index contributed by atoms with van der Waals surface area (Å²) in [4.78, 5) is 2.58. The Morgan fingerprint density at radius 1 is 1.50 bits per heavy atom. The first-order valence-corrected chi connectivity index (χ1v) is 5.23. The predicted octanol–water partition coefficient (Wildman–Crippen LogP) is 1.63. The highest BCUT2D eigenvalue weighted by atomic mass is 16.2. The Morgan fingerprint density at radius 3 is 3.00 bits per heavy atom. The van der Waals surface area contributed by atoms with Crippen molar-refractivity contribution in [2.24, 2.45) is 0 Å². The van der Waals surface area contributed by atoms with Gasteiger partial charge in [-0.2, -0.15) is 0 Å². The lowest BCUT2D eigenvalue weighted by molar-refractivity contribution is 0.216. The van der Waals surface area contributed by atoms with E-state index in [4.69, 9.17) is 5.11 Å². The minimum Gasteiger partial charge on any atom is -0.396 e. The zero-order valence-corrected chi connectivity index (χ0v) is 8.13. The van der Waals surface area contributed by atoms with Crippen LogP contribution in [-0.2, 0) is 0 Å². The van der Waals surface area contributed by atoms with Crippen molar-refractivity contribution < 1.29 is 5.11 Å². The molecule has 1 saturated heterocycles. The summed E-state index contributed by atoms with van der Waals surface area (Å²) in [7, 11) is 0. The van der Waals surface area contributed by atoms with Gasteiger partial charge in [0.2, 0.25) is 0 Å². The summed E-state index contributed by atoms with van der Waals surface area (Å²) < 4.78 is 0. The van der Waals surface area contributed by atoms with Crippen LogP contribution in [0.3, 0.4) is 0 Å². The molecule has 1 atom stereocenters. The molecule has 12 heavy (non-hydrogen) atoms. The molecule has 1 aliphatic rings. The van der Waals surface area contributed by atoms with Crippen molar-refractivity contribution in [2.75, 3.05) is 19.7 Å². The highest BCUT2D eigenvalue weighted by molar-refractivity contribution is 4.78. The summed E-state index contributed by atoms with van der Waals surface area (Å²) >= 11 is 0. The van der Waals surface area contributed by atoms with Gasteiger partial charge in [0.25, 0.3) is 0 Å². The Kier molecular flexibility index (Phi) is 4.62. The zero-order valence-electron chi connectivity index (χ0n) is 8.13. The molecule has 1 aliphatic heterocycles. The molecule has 2 nitrogen and oxygen atoms in total. The van der Waals surface area contributed by atoms with E-state index in [9.17, 15) is 0 Å². The summed E-state index contributed by atoms with van der Waals surface area (Å²) in [5.74, 6) is 0. The lowest BCUT2D eigenvalue weighted by Gasteiger charge is -2.23. The van der Waals surface area contributed by atoms with Crippen molar-refractivity contribution >= 4 is 0 Å². The molecule has 2 heteroatoms. The van der Waals surface area contributed by atoms with Crippen LogP contribution >= 0.6 is 0 Å². The molecule has 1 fully saturated rings. The van der Waals surface area contributed by atoms with Crippen LogP contribution < -0.4 is 0 Å². The van der Waals surface area contributed by atoms with E-state index in [1.165, 1.54) is 38.8 Å². The van der Waals surface area contributed by atoms with Gasteiger partial charge in [0.15, 0.2) is 0 Å². The first kappa shape index (κ1) is 10.0. The SMILES string of the molecule is CCCN1CCC[C@@H]1CCCO. The summed E-state index contributed by atoms with van der Waals surface area (Å²) in [5, 5.41) is 8.72. The number of aliphatic hydroxyl groups is 1. The molecule has 0 unspecified atom stereocenters. The highest BCUT2D eigenvalue weighted by Crippen LogP contribution is 2.20. The van der Waals surface area contributed by atoms with Crippen LogP contribution in [-0.4, -0.2) is 35.7 Å². The Balaban J connectivity index is 2.20. The van der Waals surface area contributed by atoms with Gasteiger partial charge in [0.05, 0.1) is 0 Å². The van der Waals surface area contributed by atoms with Crippen molar-refractivity contribution in [2.45, 2.75) is 45.1 Å². The Bertz CT molecular complexity index is 116. The number of likely N-dealkylation sites (tertiary alicyclic amines) is 1. The third-order valence-corrected chi connectivity index (χ3v) is 2.71. The molecule has 0 radical (unpaired) electrons. The van der Waals surface area contributed by atoms with Crippen molar-refractivity contribution in [1.82, 2.24) is 4.90 Å². The van der Waals surface area contributed by atoms with E-state index in [0.29, 0.717) is 6.61 Å². The fourth-order valence-electron chi connectivity index (χ4n) is 2.13. The normalized spacial score (nSPS) is 25.0. The maximum absolute atomic E-state index is 8.72. The van der Waals surface area contributed by atoms with Crippen LogP contribution in [0.15, 0.2) is 0 Å². The lowest BCUT2D eigenvalue weighted by atomic mass is 10.1. The number of hydrogen-bond acceptors (Lipinski definition) is 2. The van der Waals surface area contributed by atoms with E-state index >= 15 is 0 Å². The molecule has 0 aromatic heterocycles. The molecule has 0 aliphatic carbocycles. The first-order chi connectivity index (χ1) is 5.88. The number of aliphatic hydroxyl groups excluding tert-OH is 1. The molecule has 0 amide bonds. The Morgan fingerprint density at radius 2 is 2.33 bits per heavy atom. The molecule has 1 N–H and O–H groups in total. The fourth-order valence-corrected chi connectivity index (χ4v) is 2.13. The van der Waals surface area contributed by atoms with E-state index < -0.39 is 0 Å². The minimum absolute atomic E-state index is 0.358. The quantitative estimate of drug-likeness (QED) is 0.679. The number of nitrogens with zero attached hydrogens (tertiary/aromatic N) is 1. The summed E-state index contributed by atoms with van der Waals surface area (Å²) in [6.07, 6.45) is 6.13. The molecule has 0 saturated carbocycles. The van der Waals surface area contributed by atoms with Crippen molar-refractivity contribution in [3.8, 4) is 0 Å². The second kappa shape index (κ2) is 5.55. The molecule has 1 heterocycles. The topological polar surface area (TPSA) is 23.5 Å². The fraction of sp³-hybridized carbons (Fsp3) is 1.00. The van der Waals surface area contributed by atoms with E-state index in [-0.39, 0.29) is 0 Å². The Labute approximate surface area is 75.6 Å². The molecule has 0 aromatic carbocycles. The van der Waals surface area contributed by atoms with Crippen molar-refractivity contribution in [1.29, 1.82) is 0 Å². The van der Waals surface area contributed by atoms with Crippen LogP contribution in [0.5, 0.6) is 0 Å². The maximum Gasteiger partial charge on any atom is 0.0431 e. The van der Waals surface area contributed by atoms with Gasteiger partial charge in [-0.3, -0.25) is 0 Å². The number of hydrogen-bond donors (Lipinski definition) is 1. The van der Waals surface area contributed by atoms with E-state index in [0.717, 1.165) is 12.5 Å². The van der Waals surface area contributed by atoms with Crippen LogP contribution in [0.1, 0.15) is 39.0 Å². The largest absolute Gasteiger partial charge is 0.396 e. The van der Waals surface area contributed by atoms with Crippen LogP contribution in [0.25, 0.3) is 0 Å². The van der Waals surface area contributed by atoms with E-state index in [1.807, 2.05) is 0 Å². The van der Waals surface area contributed by atoms with Gasteiger partial charge in [-0.15, -0.1) is 0 Å². The second-order valence-corrected chi connectivity index (χ2v) is 3.70. The molecule has 0 spiro atoms. The molecule has 0 bridgehead atoms. The van der Waals surface area contributed by atoms with Crippen LogP contribution in [0, 0.1) is 0 Å². The van der Waals surface area contributed by atoms with Crippen molar-refractivity contribution in [3.05, 3.63) is 0 Å². The molecular weight excluding hydrogens is 150 g/mol. The monoisotopic (exact) mass is 171 g/mol. The maximum atomic E-state index is 8.72. The van der Waals surface area contributed by atoms with Gasteiger partial charge in [-0.25, -0.2) is 0 Å². The van der Waals surface area contributed by atoms with Crippen LogP contribution in [0.2, 0.25) is 0 Å². The highest BCUT2D eigenvalue weighted by Gasteiger charge is 2.22. The van der Waals surface area contributed by atoms with Gasteiger partial charge in [0.1, 0.15) is 0 Å². The van der Waals surface area contributed by atoms with Gasteiger partial charge in [-0.05, 0) is 45.2 Å². The average Bonchev–Trinajstić information content (AvgIpc) is 2.50. The average molecular weight is 171 g/mol. The number of rotatable bonds is 5. The van der Waals surface area contributed by atoms with Crippen molar-refractivity contribution in [3.63, 3.8) is 0 Å². The summed E-state index contributed by atoms with van der Waals surface area (Å²) in [6.45, 7) is 5.12. The third kappa shape index (κ3) is 2.76. The predicted molar refractivity (Wildman–Crippen MR) is 51.2 cm³/mol. The molecule has 72 valence electrons. The van der Waals surface area contributed by atoms with Gasteiger partial charge in [0, 0.05) is 12.6 Å². The molecule has 0 aromatic rings. The summed E-state index contributed by atoms with van der Waals surface area (Å²) in [5.41, 5.74) is 0. The molecular formula is C10H21NO. The standard InChI is InChI=1S/C10H21NO/c1-2-7-11-8-3-5-10(11)6-4-9-12/h10,12H,2-9H2,1H3/t10-/m1/s1. The van der Waals surface area contributed by atoms with Gasteiger partial charge < -0.3 is 10.0 Å². The lowest BCUT2D eigenvalue weighted by Crippen LogP contribution is -2.30. The second-order valence-electron chi connectivity index (χ2n) is 3.70. The smallest absolute Gasteiger partial charge is 0.0431 e. The first-order valence-electron chi connectivity index (χ1n) is 5.23. The van der Waals surface area contributed by atoms with Gasteiger partial charge >= 0.3 is 0 Å². The van der Waals surface area contributed by atoms with Gasteiger partial charge in [-0.1, -0.05) is 6.92 Å². The van der Waals surface area contributed by atoms with E-state index in [1.54, 1.807) is 0 Å². The zero-order chi connectivity index (χ0) is 8.81. The Hall–Kier alpha value is -0.0800. The summed E-state index contributed by atoms with van der Waals surface area (Å²) in [6, 6.07) is 0.775. The third-order valence-electron chi connectivity index (χ3n) is 2.71. The van der Waals surface area contributed by atoms with Crippen LogP contribution in [0.4, 0.5) is 0 Å².